The van der Waals surface area contributed by atoms with E-state index in [0.29, 0.717) is 21.5 Å². The van der Waals surface area contributed by atoms with Gasteiger partial charge in [0.25, 0.3) is 0 Å². The highest BCUT2D eigenvalue weighted by Gasteiger charge is 2.12. The molecular weight excluding hydrogens is 314 g/mol. The Labute approximate surface area is 119 Å². The summed E-state index contributed by atoms with van der Waals surface area (Å²) >= 11 is 9.21. The molecule has 0 saturated heterocycles. The molecule has 0 aliphatic rings. The number of nitrogens with zero attached hydrogens (tertiary/aromatic N) is 1. The number of carbonyl (C=O) groups is 1. The number of aromatic nitrogens is 1. The second-order valence-electron chi connectivity index (χ2n) is 3.99. The van der Waals surface area contributed by atoms with Crippen LogP contribution in [0, 0.1) is 6.92 Å². The smallest absolute Gasteiger partial charge is 0.169 e. The van der Waals surface area contributed by atoms with E-state index in [1.165, 1.54) is 0 Å². The lowest BCUT2D eigenvalue weighted by Gasteiger charge is -2.06. The molecule has 1 heterocycles. The summed E-state index contributed by atoms with van der Waals surface area (Å²) in [5, 5.41) is 0.604. The molecule has 0 fully saturated rings. The minimum Gasteiger partial charge on any atom is -0.294 e. The minimum atomic E-state index is 0.0281. The van der Waals surface area contributed by atoms with Crippen LogP contribution in [0.4, 0.5) is 0 Å². The number of rotatable bonds is 3. The van der Waals surface area contributed by atoms with E-state index in [1.807, 2.05) is 19.1 Å². The number of benzene rings is 1. The highest BCUT2D eigenvalue weighted by molar-refractivity contribution is 9.10. The molecule has 18 heavy (non-hydrogen) atoms. The highest BCUT2D eigenvalue weighted by atomic mass is 79.9. The molecule has 0 radical (unpaired) electrons. The highest BCUT2D eigenvalue weighted by Crippen LogP contribution is 2.23. The Morgan fingerprint density at radius 2 is 2.17 bits per heavy atom. The molecule has 0 N–H and O–H groups in total. The van der Waals surface area contributed by atoms with Crippen molar-refractivity contribution in [1.29, 1.82) is 0 Å². The maximum Gasteiger partial charge on any atom is 0.169 e. The van der Waals surface area contributed by atoms with Crippen LogP contribution < -0.4 is 0 Å². The fraction of sp³-hybridized carbons (Fsp3) is 0.143. The molecule has 0 unspecified atom stereocenters. The van der Waals surface area contributed by atoms with Crippen LogP contribution in [0.5, 0.6) is 0 Å². The van der Waals surface area contributed by atoms with Crippen molar-refractivity contribution >= 4 is 33.3 Å². The molecule has 0 atom stereocenters. The zero-order valence-electron chi connectivity index (χ0n) is 9.78. The van der Waals surface area contributed by atoms with E-state index < -0.39 is 0 Å². The van der Waals surface area contributed by atoms with Gasteiger partial charge in [-0.1, -0.05) is 17.7 Å². The number of aryl methyl sites for hydroxylation is 1. The number of Topliss-reactive ketones (excluding diaryl/α,β-unsaturated/α-hetero) is 1. The molecule has 1 aromatic heterocycles. The maximum atomic E-state index is 12.2. The number of hydrogen-bond acceptors (Lipinski definition) is 2. The van der Waals surface area contributed by atoms with Crippen molar-refractivity contribution in [2.24, 2.45) is 0 Å². The van der Waals surface area contributed by atoms with Gasteiger partial charge in [0.1, 0.15) is 0 Å². The van der Waals surface area contributed by atoms with Crippen molar-refractivity contribution < 1.29 is 4.79 Å². The molecule has 2 rings (SSSR count). The third-order valence-corrected chi connectivity index (χ3v) is 3.57. The van der Waals surface area contributed by atoms with Crippen molar-refractivity contribution in [2.75, 3.05) is 0 Å². The summed E-state index contributed by atoms with van der Waals surface area (Å²) < 4.78 is 0.716. The van der Waals surface area contributed by atoms with E-state index in [2.05, 4.69) is 20.9 Å². The molecule has 0 spiro atoms. The van der Waals surface area contributed by atoms with E-state index in [0.717, 1.165) is 11.3 Å². The lowest BCUT2D eigenvalue weighted by molar-refractivity contribution is 0.0991. The van der Waals surface area contributed by atoms with E-state index >= 15 is 0 Å². The summed E-state index contributed by atoms with van der Waals surface area (Å²) in [7, 11) is 0. The van der Waals surface area contributed by atoms with Crippen LogP contribution in [0.25, 0.3) is 0 Å². The Morgan fingerprint density at radius 3 is 2.83 bits per heavy atom. The lowest BCUT2D eigenvalue weighted by atomic mass is 10.0. The molecule has 0 amide bonds. The first-order valence-electron chi connectivity index (χ1n) is 5.46. The van der Waals surface area contributed by atoms with Gasteiger partial charge in [-0.25, -0.2) is 0 Å². The average molecular weight is 325 g/mol. The Kier molecular flexibility index (Phi) is 4.15. The standard InChI is InChI=1S/C14H11BrClNO/c1-9-3-2-6-17-13(9)8-14(18)11-5-4-10(16)7-12(11)15/h2-7H,8H2,1H3. The molecule has 2 nitrogen and oxygen atoms in total. The zero-order chi connectivity index (χ0) is 13.1. The van der Waals surface area contributed by atoms with E-state index in [1.54, 1.807) is 24.4 Å². The zero-order valence-corrected chi connectivity index (χ0v) is 12.1. The predicted octanol–water partition coefficient (Wildman–Crippen LogP) is 4.23. The summed E-state index contributed by atoms with van der Waals surface area (Å²) in [4.78, 5) is 16.4. The topological polar surface area (TPSA) is 30.0 Å². The first-order chi connectivity index (χ1) is 8.58. The summed E-state index contributed by atoms with van der Waals surface area (Å²) in [6.07, 6.45) is 2.00. The van der Waals surface area contributed by atoms with Gasteiger partial charge in [-0.2, -0.15) is 0 Å². The molecule has 1 aromatic carbocycles. The molecule has 0 saturated carbocycles. The monoisotopic (exact) mass is 323 g/mol. The fourth-order valence-electron chi connectivity index (χ4n) is 1.67. The van der Waals surface area contributed by atoms with Gasteiger partial charge in [-0.15, -0.1) is 0 Å². The van der Waals surface area contributed by atoms with Gasteiger partial charge in [-0.05, 0) is 52.7 Å². The van der Waals surface area contributed by atoms with Crippen LogP contribution in [-0.2, 0) is 6.42 Å². The minimum absolute atomic E-state index is 0.0281. The molecule has 2 aromatic rings. The number of ketones is 1. The number of hydrogen-bond donors (Lipinski definition) is 0. The van der Waals surface area contributed by atoms with Gasteiger partial charge in [0, 0.05) is 21.3 Å². The predicted molar refractivity (Wildman–Crippen MR) is 76.2 cm³/mol. The summed E-state index contributed by atoms with van der Waals surface area (Å²) in [5.74, 6) is 0.0281. The van der Waals surface area contributed by atoms with Crippen molar-refractivity contribution in [1.82, 2.24) is 4.98 Å². The summed E-state index contributed by atoms with van der Waals surface area (Å²) in [5.41, 5.74) is 2.46. The van der Waals surface area contributed by atoms with Crippen molar-refractivity contribution in [3.8, 4) is 0 Å². The van der Waals surface area contributed by atoms with Crippen LogP contribution in [0.1, 0.15) is 21.6 Å². The molecule has 92 valence electrons. The Hall–Kier alpha value is -1.19. The van der Waals surface area contributed by atoms with Crippen LogP contribution in [-0.4, -0.2) is 10.8 Å². The van der Waals surface area contributed by atoms with Crippen LogP contribution in [0.2, 0.25) is 5.02 Å². The normalized spacial score (nSPS) is 10.4. The summed E-state index contributed by atoms with van der Waals surface area (Å²) in [6.45, 7) is 1.95. The van der Waals surface area contributed by atoms with E-state index in [9.17, 15) is 4.79 Å². The molecule has 4 heteroatoms. The Morgan fingerprint density at radius 1 is 1.39 bits per heavy atom. The van der Waals surface area contributed by atoms with Gasteiger partial charge in [0.2, 0.25) is 0 Å². The van der Waals surface area contributed by atoms with Crippen LogP contribution in [0.15, 0.2) is 41.0 Å². The average Bonchev–Trinajstić information content (AvgIpc) is 2.32. The molecule has 0 aliphatic heterocycles. The Bertz CT molecular complexity index is 598. The fourth-order valence-corrected chi connectivity index (χ4v) is 2.57. The van der Waals surface area contributed by atoms with Gasteiger partial charge < -0.3 is 0 Å². The summed E-state index contributed by atoms with van der Waals surface area (Å²) in [6, 6.07) is 8.98. The third-order valence-electron chi connectivity index (χ3n) is 2.68. The van der Waals surface area contributed by atoms with Gasteiger partial charge in [-0.3, -0.25) is 9.78 Å². The van der Waals surface area contributed by atoms with E-state index in [-0.39, 0.29) is 5.78 Å². The van der Waals surface area contributed by atoms with Gasteiger partial charge in [0.15, 0.2) is 5.78 Å². The van der Waals surface area contributed by atoms with Gasteiger partial charge >= 0.3 is 0 Å². The SMILES string of the molecule is Cc1cccnc1CC(=O)c1ccc(Cl)cc1Br. The molecule has 0 bridgehead atoms. The van der Waals surface area contributed by atoms with Crippen molar-refractivity contribution in [3.63, 3.8) is 0 Å². The first kappa shape index (κ1) is 13.2. The third kappa shape index (κ3) is 2.98. The maximum absolute atomic E-state index is 12.2. The van der Waals surface area contributed by atoms with Crippen molar-refractivity contribution in [3.05, 3.63) is 62.8 Å². The Balaban J connectivity index is 2.25. The number of halogens is 2. The largest absolute Gasteiger partial charge is 0.294 e. The van der Waals surface area contributed by atoms with Crippen LogP contribution >= 0.6 is 27.5 Å². The second kappa shape index (κ2) is 5.63. The first-order valence-corrected chi connectivity index (χ1v) is 6.64. The van der Waals surface area contributed by atoms with Crippen LogP contribution in [0.3, 0.4) is 0 Å². The number of pyridine rings is 1. The quantitative estimate of drug-likeness (QED) is 0.791. The number of carbonyl (C=O) groups excluding carboxylic acids is 1. The van der Waals surface area contributed by atoms with Gasteiger partial charge in [0.05, 0.1) is 12.1 Å². The van der Waals surface area contributed by atoms with E-state index in [4.69, 9.17) is 11.6 Å². The second-order valence-corrected chi connectivity index (χ2v) is 5.28. The molecular formula is C14H11BrClNO. The lowest BCUT2D eigenvalue weighted by Crippen LogP contribution is -2.07. The van der Waals surface area contributed by atoms with Crippen molar-refractivity contribution in [2.45, 2.75) is 13.3 Å². The molecule has 0 aliphatic carbocycles.